The van der Waals surface area contributed by atoms with Gasteiger partial charge in [-0.15, -0.1) is 0 Å². The van der Waals surface area contributed by atoms with Crippen LogP contribution in [-0.2, 0) is 0 Å². The highest BCUT2D eigenvalue weighted by atomic mass is 16.2. The van der Waals surface area contributed by atoms with E-state index < -0.39 is 0 Å². The van der Waals surface area contributed by atoms with Crippen molar-refractivity contribution in [3.8, 4) is 0 Å². The molecule has 1 saturated heterocycles. The van der Waals surface area contributed by atoms with E-state index in [0.717, 1.165) is 37.4 Å². The van der Waals surface area contributed by atoms with Gasteiger partial charge < -0.3 is 15.1 Å². The summed E-state index contributed by atoms with van der Waals surface area (Å²) in [6.45, 7) is 7.35. The molecule has 1 aliphatic heterocycles. The summed E-state index contributed by atoms with van der Waals surface area (Å²) in [4.78, 5) is 25.1. The van der Waals surface area contributed by atoms with Crippen molar-refractivity contribution in [2.45, 2.75) is 13.8 Å². The van der Waals surface area contributed by atoms with Crippen LogP contribution in [0.15, 0.2) is 30.6 Å². The molecule has 0 spiro atoms. The van der Waals surface area contributed by atoms with Gasteiger partial charge in [-0.3, -0.25) is 4.79 Å². The highest BCUT2D eigenvalue weighted by Gasteiger charge is 2.21. The largest absolute Gasteiger partial charge is 0.339 e. The molecule has 1 amide bonds. The number of carbonyl (C=O) groups is 1. The lowest BCUT2D eigenvalue weighted by atomic mass is 10.1. The van der Waals surface area contributed by atoms with E-state index in [4.69, 9.17) is 0 Å². The first-order chi connectivity index (χ1) is 11.5. The molecule has 1 aromatic heterocycles. The summed E-state index contributed by atoms with van der Waals surface area (Å²) in [5.74, 6) is 0.590. The van der Waals surface area contributed by atoms with E-state index in [1.165, 1.54) is 5.56 Å². The second-order valence-corrected chi connectivity index (χ2v) is 6.33. The lowest BCUT2D eigenvalue weighted by Crippen LogP contribution is -2.47. The van der Waals surface area contributed by atoms with E-state index in [1.54, 1.807) is 12.4 Å². The standard InChI is InChI=1S/C18H23N5O/c1-13-4-5-14(2)15(10-13)21-17-12-19-16(11-20-17)18(24)23-8-6-22(3)7-9-23/h4-5,10-12H,6-9H2,1-3H3,(H,20,21). The molecule has 0 atom stereocenters. The number of piperazine rings is 1. The molecule has 1 aromatic carbocycles. The minimum absolute atomic E-state index is 0.0473. The summed E-state index contributed by atoms with van der Waals surface area (Å²) in [5.41, 5.74) is 3.71. The summed E-state index contributed by atoms with van der Waals surface area (Å²) in [7, 11) is 2.06. The summed E-state index contributed by atoms with van der Waals surface area (Å²) in [6, 6.07) is 6.21. The molecule has 3 rings (SSSR count). The number of likely N-dealkylation sites (N-methyl/N-ethyl adjacent to an activating group) is 1. The van der Waals surface area contributed by atoms with Crippen LogP contribution in [0.3, 0.4) is 0 Å². The van der Waals surface area contributed by atoms with Crippen LogP contribution >= 0.6 is 0 Å². The van der Waals surface area contributed by atoms with Crippen molar-refractivity contribution >= 4 is 17.4 Å². The van der Waals surface area contributed by atoms with Gasteiger partial charge in [0.2, 0.25) is 0 Å². The third kappa shape index (κ3) is 3.71. The summed E-state index contributed by atoms with van der Waals surface area (Å²) in [5, 5.41) is 3.26. The van der Waals surface area contributed by atoms with Gasteiger partial charge in [-0.1, -0.05) is 12.1 Å². The smallest absolute Gasteiger partial charge is 0.274 e. The highest BCUT2D eigenvalue weighted by Crippen LogP contribution is 2.20. The van der Waals surface area contributed by atoms with E-state index in [9.17, 15) is 4.79 Å². The summed E-state index contributed by atoms with van der Waals surface area (Å²) < 4.78 is 0. The van der Waals surface area contributed by atoms with Crippen molar-refractivity contribution in [2.24, 2.45) is 0 Å². The minimum atomic E-state index is -0.0473. The van der Waals surface area contributed by atoms with Crippen molar-refractivity contribution in [1.29, 1.82) is 0 Å². The van der Waals surface area contributed by atoms with Crippen LogP contribution in [0, 0.1) is 13.8 Å². The Hall–Kier alpha value is -2.47. The molecule has 2 heterocycles. The van der Waals surface area contributed by atoms with Crippen LogP contribution in [0.25, 0.3) is 0 Å². The number of nitrogens with zero attached hydrogens (tertiary/aromatic N) is 4. The van der Waals surface area contributed by atoms with Crippen molar-refractivity contribution in [1.82, 2.24) is 19.8 Å². The zero-order valence-electron chi connectivity index (χ0n) is 14.4. The first kappa shape index (κ1) is 16.4. The molecular weight excluding hydrogens is 302 g/mol. The van der Waals surface area contributed by atoms with E-state index in [1.807, 2.05) is 18.7 Å². The van der Waals surface area contributed by atoms with Crippen molar-refractivity contribution in [3.63, 3.8) is 0 Å². The van der Waals surface area contributed by atoms with Gasteiger partial charge in [0.1, 0.15) is 11.5 Å². The molecule has 0 saturated carbocycles. The number of hydrogen-bond acceptors (Lipinski definition) is 5. The molecule has 1 fully saturated rings. The third-order valence-electron chi connectivity index (χ3n) is 4.32. The number of hydrogen-bond donors (Lipinski definition) is 1. The fourth-order valence-corrected chi connectivity index (χ4v) is 2.68. The normalized spacial score (nSPS) is 15.4. The number of amides is 1. The second-order valence-electron chi connectivity index (χ2n) is 6.33. The first-order valence-corrected chi connectivity index (χ1v) is 8.17. The van der Waals surface area contributed by atoms with Gasteiger partial charge in [0.15, 0.2) is 0 Å². The van der Waals surface area contributed by atoms with Crippen LogP contribution in [0.1, 0.15) is 21.6 Å². The fraction of sp³-hybridized carbons (Fsp3) is 0.389. The Morgan fingerprint density at radius 1 is 1.08 bits per heavy atom. The van der Waals surface area contributed by atoms with E-state index in [-0.39, 0.29) is 5.91 Å². The van der Waals surface area contributed by atoms with E-state index >= 15 is 0 Å². The number of benzene rings is 1. The monoisotopic (exact) mass is 325 g/mol. The molecular formula is C18H23N5O. The maximum absolute atomic E-state index is 12.5. The molecule has 2 aromatic rings. The maximum atomic E-state index is 12.5. The number of aromatic nitrogens is 2. The van der Waals surface area contributed by atoms with E-state index in [0.29, 0.717) is 11.5 Å². The minimum Gasteiger partial charge on any atom is -0.339 e. The predicted molar refractivity (Wildman–Crippen MR) is 94.6 cm³/mol. The fourth-order valence-electron chi connectivity index (χ4n) is 2.68. The maximum Gasteiger partial charge on any atom is 0.274 e. The van der Waals surface area contributed by atoms with Crippen LogP contribution < -0.4 is 5.32 Å². The molecule has 0 aliphatic carbocycles. The Balaban J connectivity index is 1.69. The molecule has 24 heavy (non-hydrogen) atoms. The lowest BCUT2D eigenvalue weighted by Gasteiger charge is -2.32. The van der Waals surface area contributed by atoms with Gasteiger partial charge >= 0.3 is 0 Å². The summed E-state index contributed by atoms with van der Waals surface area (Å²) in [6.07, 6.45) is 3.17. The molecule has 126 valence electrons. The van der Waals surface area contributed by atoms with Crippen molar-refractivity contribution in [3.05, 3.63) is 47.4 Å². The second kappa shape index (κ2) is 6.97. The zero-order chi connectivity index (χ0) is 17.1. The number of aryl methyl sites for hydroxylation is 2. The molecule has 6 nitrogen and oxygen atoms in total. The first-order valence-electron chi connectivity index (χ1n) is 8.17. The topological polar surface area (TPSA) is 61.4 Å². The van der Waals surface area contributed by atoms with Gasteiger partial charge in [-0.2, -0.15) is 0 Å². The molecule has 0 radical (unpaired) electrons. The van der Waals surface area contributed by atoms with Crippen LogP contribution in [0.2, 0.25) is 0 Å². The van der Waals surface area contributed by atoms with Gasteiger partial charge in [-0.05, 0) is 38.1 Å². The average Bonchev–Trinajstić information content (AvgIpc) is 2.59. The number of carbonyl (C=O) groups excluding carboxylic acids is 1. The van der Waals surface area contributed by atoms with Crippen molar-refractivity contribution in [2.75, 3.05) is 38.5 Å². The van der Waals surface area contributed by atoms with Gasteiger partial charge in [0.25, 0.3) is 5.91 Å². The van der Waals surface area contributed by atoms with Crippen molar-refractivity contribution < 1.29 is 4.79 Å². The number of anilines is 2. The molecule has 0 bridgehead atoms. The Bertz CT molecular complexity index is 721. The highest BCUT2D eigenvalue weighted by molar-refractivity contribution is 5.92. The Morgan fingerprint density at radius 3 is 2.50 bits per heavy atom. The Kier molecular flexibility index (Phi) is 4.76. The lowest BCUT2D eigenvalue weighted by molar-refractivity contribution is 0.0658. The zero-order valence-corrected chi connectivity index (χ0v) is 14.4. The predicted octanol–water partition coefficient (Wildman–Crippen LogP) is 2.22. The molecule has 0 unspecified atom stereocenters. The van der Waals surface area contributed by atoms with Gasteiger partial charge in [0.05, 0.1) is 12.4 Å². The number of nitrogens with one attached hydrogen (secondary N) is 1. The van der Waals surface area contributed by atoms with Crippen LogP contribution in [-0.4, -0.2) is 58.9 Å². The van der Waals surface area contributed by atoms with Crippen LogP contribution in [0.4, 0.5) is 11.5 Å². The SMILES string of the molecule is Cc1ccc(C)c(Nc2cnc(C(=O)N3CCN(C)CC3)cn2)c1. The molecule has 6 heteroatoms. The third-order valence-corrected chi connectivity index (χ3v) is 4.32. The number of rotatable bonds is 3. The van der Waals surface area contributed by atoms with E-state index in [2.05, 4.69) is 45.4 Å². The van der Waals surface area contributed by atoms with Crippen LogP contribution in [0.5, 0.6) is 0 Å². The molecule has 1 aliphatic rings. The molecule has 1 N–H and O–H groups in total. The Morgan fingerprint density at radius 2 is 1.83 bits per heavy atom. The average molecular weight is 325 g/mol. The Labute approximate surface area is 142 Å². The summed E-state index contributed by atoms with van der Waals surface area (Å²) >= 11 is 0. The van der Waals surface area contributed by atoms with Gasteiger partial charge in [-0.25, -0.2) is 9.97 Å². The van der Waals surface area contributed by atoms with Gasteiger partial charge in [0, 0.05) is 31.9 Å². The quantitative estimate of drug-likeness (QED) is 0.937.